The molecule has 110 valence electrons. The molecule has 0 amide bonds. The molecule has 20 heavy (non-hydrogen) atoms. The number of hydrogen-bond donors (Lipinski definition) is 1. The van der Waals surface area contributed by atoms with E-state index in [1.807, 2.05) is 6.92 Å². The number of fused-ring (bicyclic) bond motifs is 1. The maximum atomic E-state index is 11.7. The van der Waals surface area contributed by atoms with Crippen molar-refractivity contribution < 1.29 is 14.6 Å². The Bertz CT molecular complexity index is 535. The van der Waals surface area contributed by atoms with Gasteiger partial charge in [-0.3, -0.25) is 4.79 Å². The van der Waals surface area contributed by atoms with Gasteiger partial charge in [0.25, 0.3) is 0 Å². The summed E-state index contributed by atoms with van der Waals surface area (Å²) in [5, 5.41) is 11.9. The summed E-state index contributed by atoms with van der Waals surface area (Å²) in [4.78, 5) is 12.6. The minimum Gasteiger partial charge on any atom is -0.466 e. The monoisotopic (exact) mass is 334 g/mol. The van der Waals surface area contributed by atoms with E-state index in [0.717, 1.165) is 4.90 Å². The van der Waals surface area contributed by atoms with Crippen LogP contribution in [-0.4, -0.2) is 22.9 Å². The van der Waals surface area contributed by atoms with E-state index in [0.29, 0.717) is 28.6 Å². The van der Waals surface area contributed by atoms with Gasteiger partial charge in [0, 0.05) is 10.1 Å². The van der Waals surface area contributed by atoms with Gasteiger partial charge in [-0.25, -0.2) is 0 Å². The van der Waals surface area contributed by atoms with Gasteiger partial charge in [0.05, 0.1) is 23.1 Å². The fourth-order valence-corrected chi connectivity index (χ4v) is 4.20. The summed E-state index contributed by atoms with van der Waals surface area (Å²) in [5.74, 6) is -0.411. The first-order chi connectivity index (χ1) is 9.35. The van der Waals surface area contributed by atoms with Crippen LogP contribution in [0.4, 0.5) is 0 Å². The number of halogens is 2. The Morgan fingerprint density at radius 1 is 1.50 bits per heavy atom. The summed E-state index contributed by atoms with van der Waals surface area (Å²) < 4.78 is 4.95. The maximum absolute atomic E-state index is 11.7. The van der Waals surface area contributed by atoms with E-state index in [2.05, 4.69) is 0 Å². The molecule has 1 aromatic rings. The number of thioether (sulfide) groups is 1. The molecule has 2 atom stereocenters. The Labute approximate surface area is 132 Å². The van der Waals surface area contributed by atoms with E-state index in [1.165, 1.54) is 0 Å². The van der Waals surface area contributed by atoms with Crippen molar-refractivity contribution in [3.63, 3.8) is 0 Å². The number of hydrogen-bond acceptors (Lipinski definition) is 4. The number of benzene rings is 1. The molecule has 0 radical (unpaired) electrons. The van der Waals surface area contributed by atoms with Gasteiger partial charge in [-0.1, -0.05) is 30.1 Å². The first kappa shape index (κ1) is 16.0. The molecule has 0 spiro atoms. The Kier molecular flexibility index (Phi) is 4.90. The predicted octanol–water partition coefficient (Wildman–Crippen LogP) is 4.02. The van der Waals surface area contributed by atoms with E-state index in [-0.39, 0.29) is 11.7 Å². The summed E-state index contributed by atoms with van der Waals surface area (Å²) in [7, 11) is 0. The Morgan fingerprint density at radius 2 is 2.15 bits per heavy atom. The molecule has 2 rings (SSSR count). The number of ether oxygens (including phenoxy) is 1. The van der Waals surface area contributed by atoms with Crippen LogP contribution in [0.25, 0.3) is 0 Å². The minimum absolute atomic E-state index is 0.0727. The fourth-order valence-electron chi connectivity index (χ4n) is 2.45. The van der Waals surface area contributed by atoms with Crippen molar-refractivity contribution in [2.45, 2.75) is 42.4 Å². The second kappa shape index (κ2) is 6.14. The number of carbonyl (C=O) groups is 1. The molecule has 0 unspecified atom stereocenters. The summed E-state index contributed by atoms with van der Waals surface area (Å²) in [5.41, 5.74) is -0.594. The SMILES string of the molecule is CCOC(=O)C[C@]1(O)C[C@@H](C)Sc2cc(Cl)c(Cl)cc21. The van der Waals surface area contributed by atoms with Gasteiger partial charge < -0.3 is 9.84 Å². The number of esters is 1. The molecule has 1 aliphatic heterocycles. The highest BCUT2D eigenvalue weighted by molar-refractivity contribution is 8.00. The molecule has 0 saturated heterocycles. The lowest BCUT2D eigenvalue weighted by Crippen LogP contribution is -2.35. The number of carbonyl (C=O) groups excluding carboxylic acids is 1. The Hall–Kier alpha value is -0.420. The first-order valence-corrected chi connectivity index (χ1v) is 8.03. The molecule has 1 N–H and O–H groups in total. The van der Waals surface area contributed by atoms with Gasteiger partial charge in [0.15, 0.2) is 0 Å². The molecule has 0 bridgehead atoms. The average molecular weight is 335 g/mol. The van der Waals surface area contributed by atoms with E-state index in [9.17, 15) is 9.90 Å². The normalized spacial score (nSPS) is 25.1. The summed E-state index contributed by atoms with van der Waals surface area (Å²) in [6.07, 6.45) is 0.401. The molecule has 0 aliphatic carbocycles. The van der Waals surface area contributed by atoms with Crippen LogP contribution in [0, 0.1) is 0 Å². The van der Waals surface area contributed by atoms with Gasteiger partial charge in [-0.2, -0.15) is 0 Å². The third-order valence-corrected chi connectivity index (χ3v) is 5.10. The molecule has 1 aliphatic rings. The largest absolute Gasteiger partial charge is 0.466 e. The second-order valence-corrected chi connectivity index (χ2v) is 7.20. The van der Waals surface area contributed by atoms with E-state index in [1.54, 1.807) is 30.8 Å². The van der Waals surface area contributed by atoms with Crippen molar-refractivity contribution >= 4 is 40.9 Å². The van der Waals surface area contributed by atoms with Crippen LogP contribution in [0.2, 0.25) is 10.0 Å². The molecule has 0 fully saturated rings. The van der Waals surface area contributed by atoms with E-state index in [4.69, 9.17) is 27.9 Å². The van der Waals surface area contributed by atoms with Crippen LogP contribution >= 0.6 is 35.0 Å². The molecule has 0 aromatic heterocycles. The van der Waals surface area contributed by atoms with Crippen molar-refractivity contribution in [3.05, 3.63) is 27.7 Å². The van der Waals surface area contributed by atoms with Crippen molar-refractivity contribution in [3.8, 4) is 0 Å². The lowest BCUT2D eigenvalue weighted by atomic mass is 9.85. The Morgan fingerprint density at radius 3 is 2.80 bits per heavy atom. The highest BCUT2D eigenvalue weighted by Gasteiger charge is 2.40. The van der Waals surface area contributed by atoms with Crippen LogP contribution in [0.1, 0.15) is 32.3 Å². The van der Waals surface area contributed by atoms with E-state index >= 15 is 0 Å². The summed E-state index contributed by atoms with van der Waals surface area (Å²) in [6, 6.07) is 3.40. The lowest BCUT2D eigenvalue weighted by molar-refractivity contribution is -0.149. The maximum Gasteiger partial charge on any atom is 0.309 e. The first-order valence-electron chi connectivity index (χ1n) is 6.40. The van der Waals surface area contributed by atoms with Crippen molar-refractivity contribution in [2.75, 3.05) is 6.61 Å². The number of aliphatic hydroxyl groups is 1. The van der Waals surface area contributed by atoms with Crippen LogP contribution < -0.4 is 0 Å². The van der Waals surface area contributed by atoms with Gasteiger partial charge in [0.1, 0.15) is 5.60 Å². The van der Waals surface area contributed by atoms with Crippen molar-refractivity contribution in [2.24, 2.45) is 0 Å². The minimum atomic E-state index is -1.25. The van der Waals surface area contributed by atoms with Crippen LogP contribution in [-0.2, 0) is 15.1 Å². The lowest BCUT2D eigenvalue weighted by Gasteiger charge is -2.36. The fraction of sp³-hybridized carbons (Fsp3) is 0.500. The zero-order chi connectivity index (χ0) is 14.9. The topological polar surface area (TPSA) is 46.5 Å². The molecule has 1 heterocycles. The zero-order valence-electron chi connectivity index (χ0n) is 11.3. The van der Waals surface area contributed by atoms with Gasteiger partial charge >= 0.3 is 5.97 Å². The molecule has 1 aromatic carbocycles. The standard InChI is InChI=1S/C14H16Cl2O3S/c1-3-19-13(17)7-14(18)6-8(2)20-12-5-11(16)10(15)4-9(12)14/h4-5,8,18H,3,6-7H2,1-2H3/t8-,14-/m1/s1. The quantitative estimate of drug-likeness (QED) is 0.848. The molecule has 0 saturated carbocycles. The van der Waals surface area contributed by atoms with Gasteiger partial charge in [-0.15, -0.1) is 11.8 Å². The molecular weight excluding hydrogens is 319 g/mol. The Balaban J connectivity index is 2.40. The van der Waals surface area contributed by atoms with Crippen LogP contribution in [0.5, 0.6) is 0 Å². The van der Waals surface area contributed by atoms with Crippen LogP contribution in [0.3, 0.4) is 0 Å². The predicted molar refractivity (Wildman–Crippen MR) is 81.5 cm³/mol. The molecule has 6 heteroatoms. The highest BCUT2D eigenvalue weighted by Crippen LogP contribution is 2.48. The third-order valence-electron chi connectivity index (χ3n) is 3.22. The molecular formula is C14H16Cl2O3S. The third kappa shape index (κ3) is 3.25. The second-order valence-electron chi connectivity index (χ2n) is 4.91. The van der Waals surface area contributed by atoms with Gasteiger partial charge in [-0.05, 0) is 31.0 Å². The van der Waals surface area contributed by atoms with Crippen LogP contribution in [0.15, 0.2) is 17.0 Å². The zero-order valence-corrected chi connectivity index (χ0v) is 13.6. The summed E-state index contributed by atoms with van der Waals surface area (Å²) in [6.45, 7) is 4.05. The van der Waals surface area contributed by atoms with Crippen molar-refractivity contribution in [1.29, 1.82) is 0 Å². The number of rotatable bonds is 3. The smallest absolute Gasteiger partial charge is 0.309 e. The highest BCUT2D eigenvalue weighted by atomic mass is 35.5. The van der Waals surface area contributed by atoms with Gasteiger partial charge in [0.2, 0.25) is 0 Å². The summed E-state index contributed by atoms with van der Waals surface area (Å²) >= 11 is 13.7. The molecule has 3 nitrogen and oxygen atoms in total. The average Bonchev–Trinajstić information content (AvgIpc) is 2.31. The van der Waals surface area contributed by atoms with Crippen molar-refractivity contribution in [1.82, 2.24) is 0 Å². The van der Waals surface area contributed by atoms with E-state index < -0.39 is 11.6 Å².